The Balaban J connectivity index is 2.10. The van der Waals surface area contributed by atoms with Gasteiger partial charge in [0.2, 0.25) is 5.91 Å². The van der Waals surface area contributed by atoms with E-state index in [1.165, 1.54) is 0 Å². The first-order valence-electron chi connectivity index (χ1n) is 10.2. The summed E-state index contributed by atoms with van der Waals surface area (Å²) in [6.07, 6.45) is 7.02. The van der Waals surface area contributed by atoms with Gasteiger partial charge in [-0.2, -0.15) is 8.42 Å². The van der Waals surface area contributed by atoms with E-state index in [0.29, 0.717) is 13.1 Å². The van der Waals surface area contributed by atoms with Gasteiger partial charge in [0.25, 0.3) is 0 Å². The first-order valence-corrected chi connectivity index (χ1v) is 12.0. The summed E-state index contributed by atoms with van der Waals surface area (Å²) in [7, 11) is -3.55. The zero-order chi connectivity index (χ0) is 20.6. The van der Waals surface area contributed by atoms with Gasteiger partial charge in [-0.25, -0.2) is 0 Å². The molecule has 1 amide bonds. The summed E-state index contributed by atoms with van der Waals surface area (Å²) >= 11 is 0. The number of nitrogens with zero attached hydrogens (tertiary/aromatic N) is 1. The summed E-state index contributed by atoms with van der Waals surface area (Å²) in [6.45, 7) is 6.06. The minimum absolute atomic E-state index is 0.0363. The fraction of sp³-hybridized carbons (Fsp3) is 0.667. The first-order chi connectivity index (χ1) is 13.3. The third-order valence-electron chi connectivity index (χ3n) is 5.05. The summed E-state index contributed by atoms with van der Waals surface area (Å²) in [6, 6.07) is 6.87. The third kappa shape index (κ3) is 7.43. The molecule has 0 unspecified atom stereocenters. The van der Waals surface area contributed by atoms with E-state index >= 15 is 0 Å². The average Bonchev–Trinajstić information content (AvgIpc) is 3.15. The highest BCUT2D eigenvalue weighted by Gasteiger charge is 2.27. The monoisotopic (exact) mass is 411 g/mol. The van der Waals surface area contributed by atoms with Crippen LogP contribution in [0, 0.1) is 5.92 Å². The van der Waals surface area contributed by atoms with Crippen molar-refractivity contribution in [1.29, 1.82) is 0 Å². The molecule has 6 nitrogen and oxygen atoms in total. The lowest BCUT2D eigenvalue weighted by Gasteiger charge is -2.29. The highest BCUT2D eigenvalue weighted by Crippen LogP contribution is 2.22. The molecule has 1 heterocycles. The number of hydrogen-bond donors (Lipinski definition) is 0. The average molecular weight is 412 g/mol. The highest BCUT2D eigenvalue weighted by molar-refractivity contribution is 7.86. The number of rotatable bonds is 11. The molecule has 0 saturated carbocycles. The van der Waals surface area contributed by atoms with Gasteiger partial charge in [-0.15, -0.1) is 0 Å². The van der Waals surface area contributed by atoms with E-state index in [9.17, 15) is 13.2 Å². The van der Waals surface area contributed by atoms with Crippen molar-refractivity contribution in [1.82, 2.24) is 4.90 Å². The molecule has 0 aliphatic carbocycles. The number of carbonyl (C=O) groups is 1. The van der Waals surface area contributed by atoms with Crippen LogP contribution in [-0.4, -0.2) is 44.7 Å². The van der Waals surface area contributed by atoms with Crippen molar-refractivity contribution in [2.24, 2.45) is 5.92 Å². The van der Waals surface area contributed by atoms with E-state index < -0.39 is 10.1 Å². The van der Waals surface area contributed by atoms with E-state index in [0.717, 1.165) is 57.0 Å². The minimum Gasteiger partial charge on any atom is -0.383 e. The molecule has 0 bridgehead atoms. The quantitative estimate of drug-likeness (QED) is 0.519. The maximum Gasteiger partial charge on any atom is 0.306 e. The van der Waals surface area contributed by atoms with Gasteiger partial charge in [0, 0.05) is 25.6 Å². The number of unbranched alkanes of at least 4 members (excludes halogenated alkanes) is 1. The summed E-state index contributed by atoms with van der Waals surface area (Å²) in [5.74, 6) is 0.495. The van der Waals surface area contributed by atoms with E-state index in [4.69, 9.17) is 8.92 Å². The van der Waals surface area contributed by atoms with Crippen LogP contribution in [0.25, 0.3) is 0 Å². The Hall–Kier alpha value is -1.60. The van der Waals surface area contributed by atoms with Crippen LogP contribution < -0.4 is 4.18 Å². The Morgan fingerprint density at radius 1 is 1.29 bits per heavy atom. The Bertz CT molecular complexity index is 711. The lowest BCUT2D eigenvalue weighted by molar-refractivity contribution is -0.138. The van der Waals surface area contributed by atoms with Gasteiger partial charge in [-0.05, 0) is 43.4 Å². The second-order valence-corrected chi connectivity index (χ2v) is 9.11. The van der Waals surface area contributed by atoms with Crippen LogP contribution in [0.3, 0.4) is 0 Å². The van der Waals surface area contributed by atoms with Crippen molar-refractivity contribution in [3.8, 4) is 5.75 Å². The lowest BCUT2D eigenvalue weighted by Crippen LogP contribution is -2.40. The molecule has 2 rings (SSSR count). The van der Waals surface area contributed by atoms with E-state index in [2.05, 4.69) is 13.8 Å². The molecular formula is C21H33NO5S. The summed E-state index contributed by atoms with van der Waals surface area (Å²) < 4.78 is 33.2. The van der Waals surface area contributed by atoms with E-state index in [1.807, 2.05) is 17.0 Å². The fourth-order valence-corrected chi connectivity index (χ4v) is 3.98. The maximum atomic E-state index is 13.2. The first kappa shape index (κ1) is 22.7. The highest BCUT2D eigenvalue weighted by atomic mass is 32.2. The Morgan fingerprint density at radius 2 is 2.00 bits per heavy atom. The molecule has 2 atom stereocenters. The molecular weight excluding hydrogens is 378 g/mol. The minimum atomic E-state index is -3.55. The van der Waals surface area contributed by atoms with Crippen LogP contribution in [0.15, 0.2) is 24.3 Å². The van der Waals surface area contributed by atoms with Crippen molar-refractivity contribution in [3.63, 3.8) is 0 Å². The number of ether oxygens (including phenoxy) is 1. The van der Waals surface area contributed by atoms with Crippen molar-refractivity contribution >= 4 is 16.0 Å². The Labute approximate surface area is 169 Å². The van der Waals surface area contributed by atoms with Gasteiger partial charge >= 0.3 is 10.1 Å². The number of hydrogen-bond acceptors (Lipinski definition) is 5. The Kier molecular flexibility index (Phi) is 8.76. The zero-order valence-electron chi connectivity index (χ0n) is 17.2. The zero-order valence-corrected chi connectivity index (χ0v) is 18.0. The van der Waals surface area contributed by atoms with Crippen LogP contribution in [0.4, 0.5) is 0 Å². The molecule has 1 aliphatic rings. The molecule has 0 radical (unpaired) electrons. The smallest absolute Gasteiger partial charge is 0.306 e. The second-order valence-electron chi connectivity index (χ2n) is 7.53. The molecule has 1 fully saturated rings. The van der Waals surface area contributed by atoms with Crippen molar-refractivity contribution in [2.45, 2.75) is 65.0 Å². The molecule has 158 valence electrons. The molecule has 0 spiro atoms. The summed E-state index contributed by atoms with van der Waals surface area (Å²) in [4.78, 5) is 15.1. The van der Waals surface area contributed by atoms with Gasteiger partial charge < -0.3 is 13.8 Å². The second kappa shape index (κ2) is 10.8. The van der Waals surface area contributed by atoms with Gasteiger partial charge in [-0.3, -0.25) is 4.79 Å². The summed E-state index contributed by atoms with van der Waals surface area (Å²) in [5, 5.41) is 0. The molecule has 1 aromatic rings. The number of amides is 1. The van der Waals surface area contributed by atoms with Gasteiger partial charge in [0.05, 0.1) is 12.4 Å². The largest absolute Gasteiger partial charge is 0.383 e. The molecule has 0 aromatic heterocycles. The third-order valence-corrected chi connectivity index (χ3v) is 5.55. The van der Waals surface area contributed by atoms with Crippen molar-refractivity contribution in [2.75, 3.05) is 19.4 Å². The predicted molar refractivity (Wildman–Crippen MR) is 110 cm³/mol. The number of benzene rings is 1. The van der Waals surface area contributed by atoms with E-state index in [1.54, 1.807) is 12.1 Å². The van der Waals surface area contributed by atoms with Gasteiger partial charge in [0.15, 0.2) is 0 Å². The lowest BCUT2D eigenvalue weighted by atomic mass is 9.97. The van der Waals surface area contributed by atoms with Crippen molar-refractivity contribution < 1.29 is 22.1 Å². The SMILES string of the molecule is CCCC[C@H](CC)C(=O)N(Cc1ccc(OS(C)(=O)=O)cc1)C[C@H]1CCCO1. The molecule has 1 aliphatic heterocycles. The Morgan fingerprint density at radius 3 is 2.54 bits per heavy atom. The fourth-order valence-electron chi connectivity index (χ4n) is 3.52. The summed E-state index contributed by atoms with van der Waals surface area (Å²) in [5.41, 5.74) is 0.942. The van der Waals surface area contributed by atoms with Crippen LogP contribution >= 0.6 is 0 Å². The molecule has 1 aromatic carbocycles. The van der Waals surface area contributed by atoms with E-state index in [-0.39, 0.29) is 23.7 Å². The van der Waals surface area contributed by atoms with Crippen LogP contribution in [0.1, 0.15) is 57.9 Å². The molecule has 28 heavy (non-hydrogen) atoms. The molecule has 1 saturated heterocycles. The predicted octanol–water partition coefficient (Wildman–Crippen LogP) is 3.75. The van der Waals surface area contributed by atoms with Gasteiger partial charge in [0.1, 0.15) is 5.75 Å². The standard InChI is InChI=1S/C21H33NO5S/c1-4-6-8-18(5-2)21(23)22(16-20-9-7-14-26-20)15-17-10-12-19(13-11-17)27-28(3,24)25/h10-13,18,20H,4-9,14-16H2,1-3H3/t18-,20+/m0/s1. The van der Waals surface area contributed by atoms with Crippen LogP contribution in [0.2, 0.25) is 0 Å². The van der Waals surface area contributed by atoms with Crippen molar-refractivity contribution in [3.05, 3.63) is 29.8 Å². The van der Waals surface area contributed by atoms with Crippen LogP contribution in [-0.2, 0) is 26.2 Å². The molecule has 0 N–H and O–H groups in total. The normalized spacial score (nSPS) is 18.0. The maximum absolute atomic E-state index is 13.2. The molecule has 7 heteroatoms. The van der Waals surface area contributed by atoms with Gasteiger partial charge in [-0.1, -0.05) is 38.8 Å². The number of carbonyl (C=O) groups excluding carboxylic acids is 1. The van der Waals surface area contributed by atoms with Crippen LogP contribution in [0.5, 0.6) is 5.75 Å². The topological polar surface area (TPSA) is 72.9 Å².